The fraction of sp³-hybridized carbons (Fsp3) is 0.0200. The van der Waals surface area contributed by atoms with Crippen LogP contribution in [-0.4, -0.2) is 12.8 Å². The molecule has 2 nitrogen and oxygen atoms in total. The Labute approximate surface area is 312 Å². The Morgan fingerprint density at radius 1 is 0.434 bits per heavy atom. The summed E-state index contributed by atoms with van der Waals surface area (Å²) in [6.45, 7) is 0.759. The molecule has 2 heterocycles. The Hall–Kier alpha value is -6.55. The number of para-hydroxylation sites is 2. The summed E-state index contributed by atoms with van der Waals surface area (Å²) in [5, 5.41) is 2.64. The zero-order valence-corrected chi connectivity index (χ0v) is 29.7. The molecule has 0 saturated heterocycles. The van der Waals surface area contributed by atoms with Crippen LogP contribution < -0.4 is 9.48 Å². The molecule has 0 N–H and O–H groups in total. The fourth-order valence-corrected chi connectivity index (χ4v) is 9.85. The Kier molecular flexibility index (Phi) is 6.83. The van der Waals surface area contributed by atoms with Gasteiger partial charge in [-0.2, -0.15) is 4.58 Å². The lowest BCUT2D eigenvalue weighted by Gasteiger charge is -2.30. The van der Waals surface area contributed by atoms with Gasteiger partial charge in [-0.25, -0.2) is 0 Å². The first-order valence-corrected chi connectivity index (χ1v) is 19.0. The number of rotatable bonds is 3. The smallest absolute Gasteiger partial charge is 0.235 e. The molecule has 8 aromatic carbocycles. The van der Waals surface area contributed by atoms with Gasteiger partial charge in [0.1, 0.15) is 12.2 Å². The van der Waals surface area contributed by atoms with Crippen molar-refractivity contribution in [3.63, 3.8) is 0 Å². The average molecular weight is 694 g/mol. The molecule has 1 aromatic heterocycles. The van der Waals surface area contributed by atoms with Crippen LogP contribution in [0.5, 0.6) is 0 Å². The van der Waals surface area contributed by atoms with Crippen molar-refractivity contribution in [1.82, 2.24) is 4.58 Å². The van der Waals surface area contributed by atoms with Gasteiger partial charge >= 0.3 is 0 Å². The number of nitrogens with zero attached hydrogens (tertiary/aromatic N) is 2. The zero-order valence-electron chi connectivity index (χ0n) is 28.9. The van der Waals surface area contributed by atoms with E-state index in [1.165, 1.54) is 92.9 Å². The van der Waals surface area contributed by atoms with E-state index in [9.17, 15) is 0 Å². The molecule has 0 unspecified atom stereocenters. The van der Waals surface area contributed by atoms with Gasteiger partial charge in [0.05, 0.1) is 0 Å². The third-order valence-corrected chi connectivity index (χ3v) is 12.2. The highest BCUT2D eigenvalue weighted by atomic mass is 32.1. The van der Waals surface area contributed by atoms with E-state index >= 15 is 0 Å². The summed E-state index contributed by atoms with van der Waals surface area (Å²) < 4.78 is 5.03. The first-order valence-electron chi connectivity index (χ1n) is 18.2. The molecule has 0 saturated carbocycles. The summed E-state index contributed by atoms with van der Waals surface area (Å²) in [5.74, 6) is 0. The van der Waals surface area contributed by atoms with Gasteiger partial charge in [0.15, 0.2) is 6.21 Å². The second-order valence-electron chi connectivity index (χ2n) is 13.8. The molecule has 1 aliphatic heterocycles. The van der Waals surface area contributed by atoms with Gasteiger partial charge in [0.25, 0.3) is 0 Å². The average Bonchev–Trinajstić information content (AvgIpc) is 3.62. The molecule has 11 rings (SSSR count). The summed E-state index contributed by atoms with van der Waals surface area (Å²) in [7, 11) is 0. The number of benzene rings is 8. The van der Waals surface area contributed by atoms with Crippen molar-refractivity contribution >= 4 is 60.5 Å². The van der Waals surface area contributed by atoms with Crippen molar-refractivity contribution in [2.45, 2.75) is 0 Å². The van der Waals surface area contributed by atoms with E-state index < -0.39 is 0 Å². The van der Waals surface area contributed by atoms with Gasteiger partial charge in [-0.05, 0) is 74.3 Å². The Bertz CT molecular complexity index is 2920. The minimum Gasteiger partial charge on any atom is -0.326 e. The molecule has 0 radical (unpaired) electrons. The van der Waals surface area contributed by atoms with Crippen molar-refractivity contribution < 1.29 is 0 Å². The normalized spacial score (nSPS) is 12.9. The monoisotopic (exact) mass is 693 g/mol. The van der Waals surface area contributed by atoms with E-state index in [1.54, 1.807) is 0 Å². The van der Waals surface area contributed by atoms with Crippen LogP contribution in [0.2, 0.25) is 0 Å². The zero-order chi connectivity index (χ0) is 34.9. The lowest BCUT2D eigenvalue weighted by molar-refractivity contribution is 1.000. The minimum atomic E-state index is 0.759. The highest BCUT2D eigenvalue weighted by molar-refractivity contribution is 7.26. The van der Waals surface area contributed by atoms with Gasteiger partial charge in [0.2, 0.25) is 11.4 Å². The summed E-state index contributed by atoms with van der Waals surface area (Å²) in [6.07, 6.45) is 2.32. The van der Waals surface area contributed by atoms with Gasteiger partial charge < -0.3 is 4.90 Å². The number of thiophene rings is 1. The molecule has 3 heteroatoms. The number of hydrogen-bond donors (Lipinski definition) is 0. The standard InChI is InChI=1S/C50H33N2S/c1-3-15-33(16-4-1)51-29-30-52(34-17-5-2-6-18-34)47-32-45-37-21-9-10-23-39(37)49-40(35-19-7-8-20-36(35)44(45)31-46(47)51)24-13-25-41(49)43-27-14-26-42-38-22-11-12-28-48(38)53-50(42)43/h1-29,31-32H,30H2/q+1. The van der Waals surface area contributed by atoms with Gasteiger partial charge in [0, 0.05) is 49.6 Å². The van der Waals surface area contributed by atoms with E-state index in [0.29, 0.717) is 0 Å². The molecule has 248 valence electrons. The van der Waals surface area contributed by atoms with Crippen molar-refractivity contribution in [1.29, 1.82) is 0 Å². The third kappa shape index (κ3) is 4.68. The molecule has 0 amide bonds. The van der Waals surface area contributed by atoms with E-state index in [2.05, 4.69) is 198 Å². The van der Waals surface area contributed by atoms with Crippen molar-refractivity contribution in [2.24, 2.45) is 0 Å². The Balaban J connectivity index is 1.23. The van der Waals surface area contributed by atoms with Gasteiger partial charge in [-0.15, -0.1) is 11.3 Å². The molecule has 2 aliphatic rings. The van der Waals surface area contributed by atoms with Crippen LogP contribution in [0.1, 0.15) is 0 Å². The maximum atomic E-state index is 2.45. The topological polar surface area (TPSA) is 6.25 Å². The Morgan fingerprint density at radius 2 is 0.981 bits per heavy atom. The van der Waals surface area contributed by atoms with Crippen LogP contribution in [0, 0.1) is 0 Å². The predicted molar refractivity (Wildman–Crippen MR) is 227 cm³/mol. The quantitative estimate of drug-likeness (QED) is 0.167. The largest absolute Gasteiger partial charge is 0.326 e. The van der Waals surface area contributed by atoms with E-state index in [-0.39, 0.29) is 0 Å². The summed E-state index contributed by atoms with van der Waals surface area (Å²) >= 11 is 1.90. The summed E-state index contributed by atoms with van der Waals surface area (Å²) in [5.41, 5.74) is 17.2. The third-order valence-electron chi connectivity index (χ3n) is 11.0. The van der Waals surface area contributed by atoms with Crippen molar-refractivity contribution in [3.8, 4) is 55.6 Å². The van der Waals surface area contributed by atoms with Crippen molar-refractivity contribution in [3.05, 3.63) is 182 Å². The fourth-order valence-electron chi connectivity index (χ4n) is 8.62. The van der Waals surface area contributed by atoms with Gasteiger partial charge in [-0.1, -0.05) is 140 Å². The highest BCUT2D eigenvalue weighted by Gasteiger charge is 2.32. The molecule has 0 bridgehead atoms. The SMILES string of the molecule is C1=[N+](c2ccccc2)c2cc3c(cc2N(c2ccccc2)C1)-c1ccccc1-c1c(cccc1-c1cccc2c1sc1ccccc12)-c1ccccc1-3. The lowest BCUT2D eigenvalue weighted by atomic mass is 9.78. The number of hydrogen-bond acceptors (Lipinski definition) is 2. The van der Waals surface area contributed by atoms with Crippen LogP contribution in [-0.2, 0) is 0 Å². The number of fused-ring (bicyclic) bond motifs is 12. The number of anilines is 2. The van der Waals surface area contributed by atoms with Crippen LogP contribution >= 0.6 is 11.3 Å². The summed E-state index contributed by atoms with van der Waals surface area (Å²) in [6, 6.07) is 67.0. The predicted octanol–water partition coefficient (Wildman–Crippen LogP) is 13.8. The molecule has 9 aromatic rings. The second-order valence-corrected chi connectivity index (χ2v) is 14.9. The molecule has 0 atom stereocenters. The molecular weight excluding hydrogens is 661 g/mol. The van der Waals surface area contributed by atoms with Crippen LogP contribution in [0.15, 0.2) is 182 Å². The first kappa shape index (κ1) is 30.1. The molecule has 53 heavy (non-hydrogen) atoms. The van der Waals surface area contributed by atoms with Crippen LogP contribution in [0.4, 0.5) is 22.7 Å². The first-order chi connectivity index (χ1) is 26.3. The van der Waals surface area contributed by atoms with Gasteiger partial charge in [-0.3, -0.25) is 0 Å². The highest BCUT2D eigenvalue weighted by Crippen LogP contribution is 2.54. The maximum absolute atomic E-state index is 2.45. The second kappa shape index (κ2) is 12.0. The van der Waals surface area contributed by atoms with Crippen LogP contribution in [0.3, 0.4) is 0 Å². The summed E-state index contributed by atoms with van der Waals surface area (Å²) in [4.78, 5) is 2.45. The van der Waals surface area contributed by atoms with Crippen molar-refractivity contribution in [2.75, 3.05) is 11.4 Å². The van der Waals surface area contributed by atoms with E-state index in [1.807, 2.05) is 11.3 Å². The van der Waals surface area contributed by atoms with E-state index in [4.69, 9.17) is 0 Å². The molecular formula is C50H33N2S+. The minimum absolute atomic E-state index is 0.759. The van der Waals surface area contributed by atoms with Crippen LogP contribution in [0.25, 0.3) is 75.8 Å². The lowest BCUT2D eigenvalue weighted by Crippen LogP contribution is -2.29. The molecule has 0 spiro atoms. The molecule has 0 fully saturated rings. The Morgan fingerprint density at radius 3 is 1.77 bits per heavy atom. The van der Waals surface area contributed by atoms with E-state index in [0.717, 1.165) is 12.2 Å². The molecule has 1 aliphatic carbocycles. The maximum Gasteiger partial charge on any atom is 0.235 e.